The van der Waals surface area contributed by atoms with Crippen molar-refractivity contribution < 1.29 is 18.0 Å². The SMILES string of the molecule is CCc1nn(Cc2ccc(-c3ccccc3-c3nnnn3C(C)(C)C)cc2)c(=NC(=O)C(F)(F)F)s1. The first kappa shape index (κ1) is 25.4. The van der Waals surface area contributed by atoms with Gasteiger partial charge in [-0.2, -0.15) is 23.3 Å². The highest BCUT2D eigenvalue weighted by molar-refractivity contribution is 7.08. The number of carbonyl (C=O) groups excluding carboxylic acids is 1. The summed E-state index contributed by atoms with van der Waals surface area (Å²) in [4.78, 5) is 14.6. The Bertz CT molecular complexity index is 1440. The molecule has 0 saturated heterocycles. The van der Waals surface area contributed by atoms with E-state index in [0.717, 1.165) is 33.6 Å². The van der Waals surface area contributed by atoms with Crippen LogP contribution in [-0.2, 0) is 23.3 Å². The Labute approximate surface area is 209 Å². The zero-order chi connectivity index (χ0) is 26.1. The van der Waals surface area contributed by atoms with Crippen LogP contribution in [0.2, 0.25) is 0 Å². The van der Waals surface area contributed by atoms with Crippen LogP contribution >= 0.6 is 11.3 Å². The number of rotatable bonds is 5. The number of nitrogens with zero attached hydrogens (tertiary/aromatic N) is 7. The summed E-state index contributed by atoms with van der Waals surface area (Å²) in [6.45, 7) is 8.07. The largest absolute Gasteiger partial charge is 0.473 e. The summed E-state index contributed by atoms with van der Waals surface area (Å²) in [5.41, 5.74) is 3.22. The van der Waals surface area contributed by atoms with Gasteiger partial charge in [0.25, 0.3) is 0 Å². The molecule has 0 bridgehead atoms. The van der Waals surface area contributed by atoms with Gasteiger partial charge >= 0.3 is 12.1 Å². The lowest BCUT2D eigenvalue weighted by Gasteiger charge is -2.21. The van der Waals surface area contributed by atoms with Crippen LogP contribution in [0.15, 0.2) is 53.5 Å². The molecule has 0 atom stereocenters. The molecule has 0 fully saturated rings. The Morgan fingerprint density at radius 3 is 2.31 bits per heavy atom. The van der Waals surface area contributed by atoms with E-state index in [1.165, 1.54) is 4.68 Å². The second-order valence-corrected chi connectivity index (χ2v) is 10.1. The van der Waals surface area contributed by atoms with E-state index in [-0.39, 0.29) is 16.9 Å². The highest BCUT2D eigenvalue weighted by Crippen LogP contribution is 2.32. The van der Waals surface area contributed by atoms with Crippen molar-refractivity contribution in [3.05, 3.63) is 63.9 Å². The van der Waals surface area contributed by atoms with Gasteiger partial charge in [0.2, 0.25) is 4.80 Å². The van der Waals surface area contributed by atoms with Gasteiger partial charge in [0.15, 0.2) is 5.82 Å². The van der Waals surface area contributed by atoms with Crippen LogP contribution in [0.1, 0.15) is 38.3 Å². The molecule has 0 N–H and O–H groups in total. The molecule has 0 saturated carbocycles. The van der Waals surface area contributed by atoms with E-state index in [0.29, 0.717) is 17.3 Å². The predicted molar refractivity (Wildman–Crippen MR) is 129 cm³/mol. The number of halogens is 3. The summed E-state index contributed by atoms with van der Waals surface area (Å²) in [7, 11) is 0. The van der Waals surface area contributed by atoms with Crippen LogP contribution in [0, 0.1) is 0 Å². The molecule has 1 amide bonds. The summed E-state index contributed by atoms with van der Waals surface area (Å²) in [5.74, 6) is -1.50. The topological polar surface area (TPSA) is 90.8 Å². The molecule has 4 rings (SSSR count). The third-order valence-corrected chi connectivity index (χ3v) is 6.37. The molecule has 2 aromatic heterocycles. The normalized spacial score (nSPS) is 12.8. The fourth-order valence-electron chi connectivity index (χ4n) is 3.53. The van der Waals surface area contributed by atoms with E-state index in [1.807, 2.05) is 76.2 Å². The Morgan fingerprint density at radius 2 is 1.69 bits per heavy atom. The number of alkyl halides is 3. The number of hydrogen-bond donors (Lipinski definition) is 0. The van der Waals surface area contributed by atoms with Gasteiger partial charge in [-0.15, -0.1) is 5.10 Å². The number of aryl methyl sites for hydroxylation is 1. The molecule has 0 aliphatic carbocycles. The zero-order valence-electron chi connectivity index (χ0n) is 20.1. The minimum atomic E-state index is -5.03. The highest BCUT2D eigenvalue weighted by Gasteiger charge is 2.38. The van der Waals surface area contributed by atoms with Crippen molar-refractivity contribution in [2.24, 2.45) is 4.99 Å². The Morgan fingerprint density at radius 1 is 1.03 bits per heavy atom. The van der Waals surface area contributed by atoms with Crippen LogP contribution < -0.4 is 4.80 Å². The van der Waals surface area contributed by atoms with Gasteiger partial charge in [0.05, 0.1) is 12.1 Å². The first-order valence-electron chi connectivity index (χ1n) is 11.2. The molecule has 188 valence electrons. The lowest BCUT2D eigenvalue weighted by atomic mass is 9.97. The number of tetrazole rings is 1. The summed E-state index contributed by atoms with van der Waals surface area (Å²) in [5, 5.41) is 17.2. The van der Waals surface area contributed by atoms with E-state index in [2.05, 4.69) is 25.6 Å². The minimum Gasteiger partial charge on any atom is -0.262 e. The fraction of sp³-hybridized carbons (Fsp3) is 0.333. The molecule has 4 aromatic rings. The number of benzene rings is 2. The van der Waals surface area contributed by atoms with Crippen molar-refractivity contribution in [1.29, 1.82) is 0 Å². The van der Waals surface area contributed by atoms with E-state index in [1.54, 1.807) is 4.68 Å². The molecule has 0 radical (unpaired) electrons. The zero-order valence-corrected chi connectivity index (χ0v) is 20.9. The fourth-order valence-corrected chi connectivity index (χ4v) is 4.37. The lowest BCUT2D eigenvalue weighted by molar-refractivity contribution is -0.169. The second kappa shape index (κ2) is 9.76. The first-order chi connectivity index (χ1) is 17.0. The summed E-state index contributed by atoms with van der Waals surface area (Å²) >= 11 is 0.970. The third-order valence-electron chi connectivity index (χ3n) is 5.27. The van der Waals surface area contributed by atoms with Gasteiger partial charge in [-0.3, -0.25) is 4.79 Å². The quantitative estimate of drug-likeness (QED) is 0.387. The summed E-state index contributed by atoms with van der Waals surface area (Å²) in [6.07, 6.45) is -4.51. The lowest BCUT2D eigenvalue weighted by Crippen LogP contribution is -2.26. The molecule has 2 heterocycles. The minimum absolute atomic E-state index is 0.0855. The van der Waals surface area contributed by atoms with Crippen molar-refractivity contribution in [3.63, 3.8) is 0 Å². The Kier molecular flexibility index (Phi) is 6.90. The van der Waals surface area contributed by atoms with Gasteiger partial charge in [-0.1, -0.05) is 66.8 Å². The maximum absolute atomic E-state index is 12.7. The number of carbonyl (C=O) groups is 1. The average molecular weight is 516 g/mol. The van der Waals surface area contributed by atoms with E-state index < -0.39 is 12.1 Å². The van der Waals surface area contributed by atoms with E-state index >= 15 is 0 Å². The molecule has 0 unspecified atom stereocenters. The van der Waals surface area contributed by atoms with Crippen molar-refractivity contribution in [3.8, 4) is 22.5 Å². The van der Waals surface area contributed by atoms with E-state index in [4.69, 9.17) is 0 Å². The Hall–Kier alpha value is -3.67. The molecule has 2 aromatic carbocycles. The van der Waals surface area contributed by atoms with Gasteiger partial charge in [-0.25, -0.2) is 9.36 Å². The standard InChI is InChI=1S/C24H24F3N7OS/c1-5-19-30-33(22(36-19)28-21(35)24(25,26)27)14-15-10-12-16(13-11-15)17-8-6-7-9-18(17)20-29-31-32-34(20)23(2,3)4/h6-13H,5,14H2,1-4H3. The smallest absolute Gasteiger partial charge is 0.262 e. The maximum atomic E-state index is 12.7. The number of aromatic nitrogens is 6. The number of amides is 1. The molecular formula is C24H24F3N7OS. The molecule has 0 aliphatic rings. The Balaban J connectivity index is 1.66. The molecule has 8 nitrogen and oxygen atoms in total. The van der Waals surface area contributed by atoms with Crippen LogP contribution in [0.25, 0.3) is 22.5 Å². The summed E-state index contributed by atoms with van der Waals surface area (Å²) in [6, 6.07) is 15.4. The first-order valence-corrected chi connectivity index (χ1v) is 12.0. The predicted octanol–water partition coefficient (Wildman–Crippen LogP) is 4.62. The summed E-state index contributed by atoms with van der Waals surface area (Å²) < 4.78 is 41.3. The van der Waals surface area contributed by atoms with Gasteiger partial charge in [0.1, 0.15) is 5.01 Å². The molecular weight excluding hydrogens is 491 g/mol. The number of hydrogen-bond acceptors (Lipinski definition) is 6. The molecule has 0 spiro atoms. The maximum Gasteiger partial charge on any atom is 0.473 e. The monoisotopic (exact) mass is 515 g/mol. The highest BCUT2D eigenvalue weighted by atomic mass is 32.1. The van der Waals surface area contributed by atoms with Crippen LogP contribution in [0.4, 0.5) is 13.2 Å². The molecule has 12 heteroatoms. The average Bonchev–Trinajstić information content (AvgIpc) is 3.46. The van der Waals surface area contributed by atoms with E-state index in [9.17, 15) is 18.0 Å². The van der Waals surface area contributed by atoms with Crippen molar-refractivity contribution >= 4 is 17.2 Å². The third kappa shape index (κ3) is 5.43. The van der Waals surface area contributed by atoms with Gasteiger partial charge in [0, 0.05) is 5.56 Å². The molecule has 36 heavy (non-hydrogen) atoms. The van der Waals surface area contributed by atoms with Gasteiger partial charge in [-0.05, 0) is 54.3 Å². The van der Waals surface area contributed by atoms with Crippen LogP contribution in [-0.4, -0.2) is 42.1 Å². The second-order valence-electron chi connectivity index (χ2n) is 9.03. The van der Waals surface area contributed by atoms with Crippen LogP contribution in [0.3, 0.4) is 0 Å². The van der Waals surface area contributed by atoms with Crippen molar-refractivity contribution in [2.75, 3.05) is 0 Å². The van der Waals surface area contributed by atoms with Gasteiger partial charge < -0.3 is 0 Å². The van der Waals surface area contributed by atoms with Crippen molar-refractivity contribution in [1.82, 2.24) is 30.0 Å². The molecule has 0 aliphatic heterocycles. The van der Waals surface area contributed by atoms with Crippen LogP contribution in [0.5, 0.6) is 0 Å². The van der Waals surface area contributed by atoms with Crippen molar-refractivity contribution in [2.45, 2.75) is 52.4 Å².